The second-order valence-corrected chi connectivity index (χ2v) is 7.61. The van der Waals surface area contributed by atoms with E-state index in [0.29, 0.717) is 48.3 Å². The number of H-pyrrole nitrogens is 1. The minimum Gasteiger partial charge on any atom is -0.450 e. The maximum absolute atomic E-state index is 14.3. The number of hydrogen-bond donors (Lipinski definition) is 2. The number of halogens is 2. The molecule has 0 aliphatic carbocycles. The Kier molecular flexibility index (Phi) is 5.98. The van der Waals surface area contributed by atoms with Gasteiger partial charge in [0.2, 0.25) is 0 Å². The van der Waals surface area contributed by atoms with E-state index in [0.717, 1.165) is 24.4 Å². The van der Waals surface area contributed by atoms with Gasteiger partial charge in [-0.1, -0.05) is 11.6 Å². The number of rotatable bonds is 5. The summed E-state index contributed by atoms with van der Waals surface area (Å²) in [5.74, 6) is 0.133. The quantitative estimate of drug-likeness (QED) is 0.630. The topological polar surface area (TPSA) is 96.0 Å². The Labute approximate surface area is 177 Å². The molecule has 1 fully saturated rings. The van der Waals surface area contributed by atoms with Crippen LogP contribution < -0.4 is 5.32 Å². The number of likely N-dealkylation sites (tertiary alicyclic amines) is 1. The summed E-state index contributed by atoms with van der Waals surface area (Å²) in [5, 5.41) is 4.33. The van der Waals surface area contributed by atoms with Crippen LogP contribution in [0.2, 0.25) is 5.02 Å². The molecule has 0 radical (unpaired) electrons. The van der Waals surface area contributed by atoms with Crippen molar-refractivity contribution in [3.05, 3.63) is 35.5 Å². The van der Waals surface area contributed by atoms with Gasteiger partial charge in [-0.15, -0.1) is 0 Å². The number of carbonyl (C=O) groups excluding carboxylic acids is 1. The van der Waals surface area contributed by atoms with Gasteiger partial charge in [0.25, 0.3) is 0 Å². The number of nitrogens with zero attached hydrogens (tertiary/aromatic N) is 4. The largest absolute Gasteiger partial charge is 0.450 e. The number of piperidine rings is 1. The van der Waals surface area contributed by atoms with Crippen LogP contribution in [0.15, 0.2) is 24.7 Å². The Morgan fingerprint density at radius 2 is 2.30 bits per heavy atom. The number of pyridine rings is 1. The fourth-order valence-corrected chi connectivity index (χ4v) is 3.79. The highest BCUT2D eigenvalue weighted by Crippen LogP contribution is 2.28. The molecule has 1 amide bonds. The van der Waals surface area contributed by atoms with E-state index < -0.39 is 5.82 Å². The van der Waals surface area contributed by atoms with Gasteiger partial charge in [0, 0.05) is 43.0 Å². The number of fused-ring (bicyclic) bond motifs is 1. The van der Waals surface area contributed by atoms with Crippen molar-refractivity contribution in [3.8, 4) is 11.4 Å². The second-order valence-electron chi connectivity index (χ2n) is 7.18. The van der Waals surface area contributed by atoms with Gasteiger partial charge in [0.15, 0.2) is 17.5 Å². The molecular weight excluding hydrogens is 411 g/mol. The van der Waals surface area contributed by atoms with Gasteiger partial charge >= 0.3 is 6.09 Å². The highest BCUT2D eigenvalue weighted by molar-refractivity contribution is 6.31. The molecule has 0 aromatic carbocycles. The smallest absolute Gasteiger partial charge is 0.409 e. The van der Waals surface area contributed by atoms with Crippen molar-refractivity contribution in [1.82, 2.24) is 24.8 Å². The molecule has 30 heavy (non-hydrogen) atoms. The fraction of sp³-hybridized carbons (Fsp3) is 0.400. The first kappa shape index (κ1) is 20.3. The predicted molar refractivity (Wildman–Crippen MR) is 112 cm³/mol. The van der Waals surface area contributed by atoms with Crippen LogP contribution in [0.4, 0.5) is 15.0 Å². The molecule has 158 valence electrons. The first-order valence-corrected chi connectivity index (χ1v) is 10.2. The number of nitrogens with one attached hydrogen (secondary N) is 2. The van der Waals surface area contributed by atoms with E-state index >= 15 is 0 Å². The normalized spacial score (nSPS) is 16.6. The van der Waals surface area contributed by atoms with Crippen molar-refractivity contribution in [2.45, 2.75) is 19.8 Å². The summed E-state index contributed by atoms with van der Waals surface area (Å²) < 4.78 is 19.4. The molecule has 1 saturated heterocycles. The van der Waals surface area contributed by atoms with E-state index in [4.69, 9.17) is 16.3 Å². The van der Waals surface area contributed by atoms with E-state index in [1.54, 1.807) is 30.3 Å². The first-order valence-electron chi connectivity index (χ1n) is 9.86. The summed E-state index contributed by atoms with van der Waals surface area (Å²) in [7, 11) is 0. The molecule has 3 aromatic heterocycles. The van der Waals surface area contributed by atoms with Crippen molar-refractivity contribution in [3.63, 3.8) is 0 Å². The highest BCUT2D eigenvalue weighted by atomic mass is 35.5. The zero-order valence-electron chi connectivity index (χ0n) is 16.5. The molecule has 1 atom stereocenters. The Balaban J connectivity index is 1.49. The van der Waals surface area contributed by atoms with Gasteiger partial charge < -0.3 is 19.9 Å². The number of hydrogen-bond acceptors (Lipinski definition) is 6. The van der Waals surface area contributed by atoms with E-state index in [2.05, 4.69) is 25.3 Å². The molecular formula is C20H22ClFN6O2. The van der Waals surface area contributed by atoms with Crippen LogP contribution in [0.3, 0.4) is 0 Å². The molecule has 2 N–H and O–H groups in total. The van der Waals surface area contributed by atoms with Gasteiger partial charge in [-0.2, -0.15) is 0 Å². The molecule has 4 rings (SSSR count). The van der Waals surface area contributed by atoms with E-state index in [9.17, 15) is 9.18 Å². The lowest BCUT2D eigenvalue weighted by Gasteiger charge is -2.32. The van der Waals surface area contributed by atoms with Gasteiger partial charge in [-0.3, -0.25) is 0 Å². The molecule has 1 unspecified atom stereocenters. The molecule has 1 aliphatic rings. The number of anilines is 1. The number of carbonyl (C=O) groups is 1. The molecule has 1 aliphatic heterocycles. The molecule has 10 heteroatoms. The molecule has 4 heterocycles. The van der Waals surface area contributed by atoms with Crippen LogP contribution in [0, 0.1) is 11.7 Å². The minimum absolute atomic E-state index is 0.123. The predicted octanol–water partition coefficient (Wildman–Crippen LogP) is 4.09. The number of amides is 1. The monoisotopic (exact) mass is 432 g/mol. The van der Waals surface area contributed by atoms with Crippen LogP contribution in [0.25, 0.3) is 22.4 Å². The Bertz CT molecular complexity index is 1060. The zero-order chi connectivity index (χ0) is 21.1. The molecule has 0 spiro atoms. The van der Waals surface area contributed by atoms with E-state index in [1.807, 2.05) is 0 Å². The summed E-state index contributed by atoms with van der Waals surface area (Å²) in [6.45, 7) is 3.87. The van der Waals surface area contributed by atoms with Gasteiger partial charge in [0.1, 0.15) is 5.65 Å². The third kappa shape index (κ3) is 4.30. The maximum Gasteiger partial charge on any atom is 0.409 e. The third-order valence-corrected chi connectivity index (χ3v) is 5.29. The Morgan fingerprint density at radius 1 is 1.43 bits per heavy atom. The van der Waals surface area contributed by atoms with Gasteiger partial charge in [-0.25, -0.2) is 24.1 Å². The number of aromatic nitrogens is 4. The summed E-state index contributed by atoms with van der Waals surface area (Å²) in [4.78, 5) is 29.4. The summed E-state index contributed by atoms with van der Waals surface area (Å²) in [6.07, 6.45) is 5.94. The van der Waals surface area contributed by atoms with E-state index in [-0.39, 0.29) is 17.8 Å². The fourth-order valence-electron chi connectivity index (χ4n) is 3.64. The average molecular weight is 433 g/mol. The lowest BCUT2D eigenvalue weighted by molar-refractivity contribution is 0.0898. The molecule has 3 aromatic rings. The second kappa shape index (κ2) is 8.83. The van der Waals surface area contributed by atoms with Crippen molar-refractivity contribution in [1.29, 1.82) is 0 Å². The summed E-state index contributed by atoms with van der Waals surface area (Å²) in [6, 6.07) is 1.77. The number of ether oxygens (including phenoxy) is 1. The van der Waals surface area contributed by atoms with Crippen LogP contribution in [0.1, 0.15) is 19.8 Å². The van der Waals surface area contributed by atoms with Crippen LogP contribution in [-0.4, -0.2) is 57.2 Å². The molecule has 8 nitrogen and oxygen atoms in total. The van der Waals surface area contributed by atoms with Crippen molar-refractivity contribution in [2.75, 3.05) is 31.6 Å². The maximum atomic E-state index is 14.3. The van der Waals surface area contributed by atoms with Crippen molar-refractivity contribution in [2.24, 2.45) is 5.92 Å². The lowest BCUT2D eigenvalue weighted by Crippen LogP contribution is -2.42. The van der Waals surface area contributed by atoms with Crippen LogP contribution in [0.5, 0.6) is 0 Å². The van der Waals surface area contributed by atoms with Gasteiger partial charge in [0.05, 0.1) is 17.8 Å². The standard InChI is InChI=1S/C20H22ClFN6O2/c1-2-30-20(29)28-5-3-4-12(11-28)7-23-19-16(22)10-26-18(27-19)15-9-25-17-14(15)6-13(21)8-24-17/h6,8-10,12H,2-5,7,11H2,1H3,(H,24,25)(H,23,26,27). The third-order valence-electron chi connectivity index (χ3n) is 5.09. The zero-order valence-corrected chi connectivity index (χ0v) is 17.2. The Morgan fingerprint density at radius 3 is 3.13 bits per heavy atom. The average Bonchev–Trinajstić information content (AvgIpc) is 3.16. The van der Waals surface area contributed by atoms with Crippen molar-refractivity contribution >= 4 is 34.5 Å². The lowest BCUT2D eigenvalue weighted by atomic mass is 9.98. The van der Waals surface area contributed by atoms with Crippen LogP contribution in [-0.2, 0) is 4.74 Å². The van der Waals surface area contributed by atoms with Crippen LogP contribution >= 0.6 is 11.6 Å². The Hall–Kier alpha value is -2.94. The van der Waals surface area contributed by atoms with Crippen molar-refractivity contribution < 1.29 is 13.9 Å². The minimum atomic E-state index is -0.534. The highest BCUT2D eigenvalue weighted by Gasteiger charge is 2.25. The number of aromatic amines is 1. The van der Waals surface area contributed by atoms with E-state index in [1.165, 1.54) is 0 Å². The first-order chi connectivity index (χ1) is 14.5. The SMILES string of the molecule is CCOC(=O)N1CCCC(CNc2nc(-c3c[nH]c4ncc(Cl)cc34)ncc2F)C1. The van der Waals surface area contributed by atoms with Gasteiger partial charge in [-0.05, 0) is 31.7 Å². The summed E-state index contributed by atoms with van der Waals surface area (Å²) in [5.41, 5.74) is 1.34. The molecule has 0 saturated carbocycles. The molecule has 0 bridgehead atoms. The summed E-state index contributed by atoms with van der Waals surface area (Å²) >= 11 is 6.05.